The SMILES string of the molecule is Clc1ccc(Cl)c(C2NCCc3cc4c(cc32)OCCO4)c1. The van der Waals surface area contributed by atoms with Crippen molar-refractivity contribution in [3.8, 4) is 11.5 Å². The second-order valence-electron chi connectivity index (χ2n) is 5.50. The highest BCUT2D eigenvalue weighted by molar-refractivity contribution is 6.33. The van der Waals surface area contributed by atoms with Gasteiger partial charge in [-0.25, -0.2) is 0 Å². The first-order valence-corrected chi connectivity index (χ1v) is 8.09. The summed E-state index contributed by atoms with van der Waals surface area (Å²) in [4.78, 5) is 0. The molecule has 0 bridgehead atoms. The predicted octanol–water partition coefficient (Wildman–Crippen LogP) is 4.00. The zero-order valence-electron chi connectivity index (χ0n) is 11.9. The maximum Gasteiger partial charge on any atom is 0.161 e. The molecule has 0 aliphatic carbocycles. The highest BCUT2D eigenvalue weighted by Crippen LogP contribution is 2.40. The first-order chi connectivity index (χ1) is 10.7. The Hall–Kier alpha value is -1.42. The van der Waals surface area contributed by atoms with Gasteiger partial charge in [0, 0.05) is 16.6 Å². The topological polar surface area (TPSA) is 30.5 Å². The van der Waals surface area contributed by atoms with E-state index >= 15 is 0 Å². The van der Waals surface area contributed by atoms with Crippen molar-refractivity contribution in [1.82, 2.24) is 5.32 Å². The summed E-state index contributed by atoms with van der Waals surface area (Å²) in [7, 11) is 0. The maximum atomic E-state index is 6.38. The molecule has 114 valence electrons. The Morgan fingerprint density at radius 2 is 1.73 bits per heavy atom. The lowest BCUT2D eigenvalue weighted by atomic mass is 9.89. The molecular formula is C17H15Cl2NO2. The standard InChI is InChI=1S/C17H15Cl2NO2/c18-11-1-2-14(19)13(8-11)17-12-9-16-15(21-5-6-22-16)7-10(12)3-4-20-17/h1-2,7-9,17,20H,3-6H2. The van der Waals surface area contributed by atoms with Crippen molar-refractivity contribution in [2.24, 2.45) is 0 Å². The summed E-state index contributed by atoms with van der Waals surface area (Å²) < 4.78 is 11.4. The Morgan fingerprint density at radius 3 is 2.55 bits per heavy atom. The minimum Gasteiger partial charge on any atom is -0.486 e. The molecular weight excluding hydrogens is 321 g/mol. The van der Waals surface area contributed by atoms with Gasteiger partial charge in [0.1, 0.15) is 13.2 Å². The number of hydrogen-bond donors (Lipinski definition) is 1. The molecule has 0 saturated heterocycles. The van der Waals surface area contributed by atoms with Crippen molar-refractivity contribution in [3.05, 3.63) is 57.1 Å². The van der Waals surface area contributed by atoms with Crippen LogP contribution in [0.2, 0.25) is 10.0 Å². The lowest BCUT2D eigenvalue weighted by Crippen LogP contribution is -2.31. The van der Waals surface area contributed by atoms with Crippen LogP contribution < -0.4 is 14.8 Å². The molecule has 0 fully saturated rings. The van der Waals surface area contributed by atoms with Crippen LogP contribution in [0, 0.1) is 0 Å². The molecule has 2 heterocycles. The van der Waals surface area contributed by atoms with Crippen LogP contribution in [0.4, 0.5) is 0 Å². The van der Waals surface area contributed by atoms with E-state index in [2.05, 4.69) is 17.4 Å². The maximum absolute atomic E-state index is 6.38. The quantitative estimate of drug-likeness (QED) is 0.854. The summed E-state index contributed by atoms with van der Waals surface area (Å²) in [6, 6.07) is 9.75. The molecule has 1 atom stereocenters. The molecule has 4 rings (SSSR count). The minimum atomic E-state index is 0.0192. The smallest absolute Gasteiger partial charge is 0.161 e. The summed E-state index contributed by atoms with van der Waals surface area (Å²) in [5.41, 5.74) is 3.44. The molecule has 2 aliphatic heterocycles. The summed E-state index contributed by atoms with van der Waals surface area (Å²) in [5.74, 6) is 1.64. The molecule has 0 spiro atoms. The first-order valence-electron chi connectivity index (χ1n) is 7.33. The molecule has 0 aromatic heterocycles. The molecule has 0 radical (unpaired) electrons. The fourth-order valence-electron chi connectivity index (χ4n) is 3.11. The van der Waals surface area contributed by atoms with Gasteiger partial charge in [-0.15, -0.1) is 0 Å². The van der Waals surface area contributed by atoms with Crippen molar-refractivity contribution in [2.75, 3.05) is 19.8 Å². The van der Waals surface area contributed by atoms with E-state index in [-0.39, 0.29) is 6.04 Å². The van der Waals surface area contributed by atoms with E-state index in [9.17, 15) is 0 Å². The van der Waals surface area contributed by atoms with Crippen LogP contribution in [-0.2, 0) is 6.42 Å². The molecule has 2 aliphatic rings. The Labute approximate surface area is 139 Å². The van der Waals surface area contributed by atoms with Gasteiger partial charge in [-0.05, 0) is 53.4 Å². The number of rotatable bonds is 1. The minimum absolute atomic E-state index is 0.0192. The Kier molecular flexibility index (Phi) is 3.65. The fourth-order valence-corrected chi connectivity index (χ4v) is 3.51. The lowest BCUT2D eigenvalue weighted by molar-refractivity contribution is 0.171. The first kappa shape index (κ1) is 14.2. The van der Waals surface area contributed by atoms with Gasteiger partial charge in [-0.2, -0.15) is 0 Å². The molecule has 0 saturated carbocycles. The molecule has 0 amide bonds. The monoisotopic (exact) mass is 335 g/mol. The molecule has 2 aromatic carbocycles. The number of nitrogens with one attached hydrogen (secondary N) is 1. The number of benzene rings is 2. The van der Waals surface area contributed by atoms with Crippen LogP contribution in [0.5, 0.6) is 11.5 Å². The van der Waals surface area contributed by atoms with E-state index in [0.717, 1.165) is 30.0 Å². The van der Waals surface area contributed by atoms with Crippen LogP contribution >= 0.6 is 23.2 Å². The normalized spacial score (nSPS) is 19.6. The van der Waals surface area contributed by atoms with Gasteiger partial charge in [0.15, 0.2) is 11.5 Å². The molecule has 3 nitrogen and oxygen atoms in total. The predicted molar refractivity (Wildman–Crippen MR) is 87.4 cm³/mol. The van der Waals surface area contributed by atoms with E-state index in [0.29, 0.717) is 23.3 Å². The van der Waals surface area contributed by atoms with Crippen molar-refractivity contribution in [3.63, 3.8) is 0 Å². The van der Waals surface area contributed by atoms with Crippen LogP contribution in [0.3, 0.4) is 0 Å². The van der Waals surface area contributed by atoms with Gasteiger partial charge in [0.2, 0.25) is 0 Å². The van der Waals surface area contributed by atoms with Crippen LogP contribution in [0.15, 0.2) is 30.3 Å². The van der Waals surface area contributed by atoms with Gasteiger partial charge >= 0.3 is 0 Å². The average Bonchev–Trinajstić information content (AvgIpc) is 2.55. The van der Waals surface area contributed by atoms with Crippen LogP contribution in [-0.4, -0.2) is 19.8 Å². The molecule has 1 unspecified atom stereocenters. The molecule has 22 heavy (non-hydrogen) atoms. The highest BCUT2D eigenvalue weighted by Gasteiger charge is 2.26. The largest absolute Gasteiger partial charge is 0.486 e. The van der Waals surface area contributed by atoms with E-state index in [1.807, 2.05) is 12.1 Å². The van der Waals surface area contributed by atoms with Gasteiger partial charge in [-0.3, -0.25) is 0 Å². The van der Waals surface area contributed by atoms with E-state index in [1.165, 1.54) is 11.1 Å². The zero-order valence-corrected chi connectivity index (χ0v) is 13.4. The second kappa shape index (κ2) is 5.65. The fraction of sp³-hybridized carbons (Fsp3) is 0.294. The highest BCUT2D eigenvalue weighted by atomic mass is 35.5. The van der Waals surface area contributed by atoms with Crippen LogP contribution in [0.25, 0.3) is 0 Å². The van der Waals surface area contributed by atoms with E-state index in [4.69, 9.17) is 32.7 Å². The molecule has 2 aromatic rings. The van der Waals surface area contributed by atoms with E-state index < -0.39 is 0 Å². The number of hydrogen-bond acceptors (Lipinski definition) is 3. The number of halogens is 2. The number of fused-ring (bicyclic) bond motifs is 2. The Bertz CT molecular complexity index is 733. The van der Waals surface area contributed by atoms with Crippen molar-refractivity contribution in [1.29, 1.82) is 0 Å². The number of ether oxygens (including phenoxy) is 2. The van der Waals surface area contributed by atoms with Crippen molar-refractivity contribution < 1.29 is 9.47 Å². The summed E-state index contributed by atoms with van der Waals surface area (Å²) in [5, 5.41) is 4.93. The van der Waals surface area contributed by atoms with Crippen molar-refractivity contribution >= 4 is 23.2 Å². The third-order valence-corrected chi connectivity index (χ3v) is 4.71. The summed E-state index contributed by atoms with van der Waals surface area (Å²) in [6.45, 7) is 2.08. The summed E-state index contributed by atoms with van der Waals surface area (Å²) in [6.07, 6.45) is 0.959. The van der Waals surface area contributed by atoms with Gasteiger partial charge in [0.05, 0.1) is 6.04 Å². The van der Waals surface area contributed by atoms with Crippen LogP contribution in [0.1, 0.15) is 22.7 Å². The molecule has 5 heteroatoms. The lowest BCUT2D eigenvalue weighted by Gasteiger charge is -2.30. The van der Waals surface area contributed by atoms with Crippen molar-refractivity contribution in [2.45, 2.75) is 12.5 Å². The second-order valence-corrected chi connectivity index (χ2v) is 6.34. The molecule has 1 N–H and O–H groups in total. The van der Waals surface area contributed by atoms with Gasteiger partial charge in [0.25, 0.3) is 0 Å². The third kappa shape index (κ3) is 2.43. The third-order valence-electron chi connectivity index (χ3n) is 4.13. The van der Waals surface area contributed by atoms with Gasteiger partial charge < -0.3 is 14.8 Å². The average molecular weight is 336 g/mol. The Morgan fingerprint density at radius 1 is 0.955 bits per heavy atom. The van der Waals surface area contributed by atoms with E-state index in [1.54, 1.807) is 6.07 Å². The van der Waals surface area contributed by atoms with Gasteiger partial charge in [-0.1, -0.05) is 23.2 Å². The zero-order chi connectivity index (χ0) is 15.1. The summed E-state index contributed by atoms with van der Waals surface area (Å²) >= 11 is 12.5. The Balaban J connectivity index is 1.83.